The van der Waals surface area contributed by atoms with Crippen LogP contribution in [0.15, 0.2) is 78.6 Å². The summed E-state index contributed by atoms with van der Waals surface area (Å²) >= 11 is 1.58. The highest BCUT2D eigenvalue weighted by atomic mass is 32.1. The number of anilines is 2. The molecule has 0 spiro atoms. The van der Waals surface area contributed by atoms with E-state index in [1.807, 2.05) is 81.7 Å². The van der Waals surface area contributed by atoms with Crippen LogP contribution in [0, 0.1) is 12.3 Å². The van der Waals surface area contributed by atoms with Crippen molar-refractivity contribution in [3.63, 3.8) is 0 Å². The number of nitrogens with one attached hydrogen (secondary N) is 4. The van der Waals surface area contributed by atoms with Gasteiger partial charge in [0, 0.05) is 82.2 Å². The standard InChI is InChI=1S/C45H54N10O6S/c1-28-40(62-27-47-28)30-11-9-29(10-12-30)23-46-43(59)37-22-33(56)26-55(37)44(60)41(45(2,3)4)52-39(57)15-16-53-17-19-54(20-18-53)32-13-14-35(38(21-32)61-5)51-42(58)36-8-6-7-34(50-36)31-24-48-49-25-31/h6-14,21,24-25,27,33,37,41,56H,15-20,22-23,26H2,1-5H3,(H,46,59)(H,48,49)(H,51,58)(H,52,57)/t33-,37+,41-/m1/s1. The van der Waals surface area contributed by atoms with E-state index in [1.165, 1.54) is 4.90 Å². The van der Waals surface area contributed by atoms with Crippen molar-refractivity contribution < 1.29 is 29.0 Å². The first-order valence-corrected chi connectivity index (χ1v) is 21.6. The molecule has 2 aromatic carbocycles. The summed E-state index contributed by atoms with van der Waals surface area (Å²) in [5, 5.41) is 26.2. The third-order valence-electron chi connectivity index (χ3n) is 11.3. The molecule has 2 aliphatic rings. The molecule has 5 N–H and O–H groups in total. The predicted octanol–water partition coefficient (Wildman–Crippen LogP) is 4.49. The molecule has 3 aromatic heterocycles. The molecule has 326 valence electrons. The molecule has 0 saturated carbocycles. The van der Waals surface area contributed by atoms with E-state index in [0.717, 1.165) is 32.9 Å². The Hall–Kier alpha value is -6.17. The first-order chi connectivity index (χ1) is 29.8. The van der Waals surface area contributed by atoms with Crippen molar-refractivity contribution in [2.75, 3.05) is 56.6 Å². The summed E-state index contributed by atoms with van der Waals surface area (Å²) in [5.74, 6) is -0.848. The van der Waals surface area contributed by atoms with Crippen LogP contribution >= 0.6 is 11.3 Å². The fourth-order valence-corrected chi connectivity index (χ4v) is 8.59. The second-order valence-corrected chi connectivity index (χ2v) is 17.6. The number of aromatic nitrogens is 4. The third kappa shape index (κ3) is 10.5. The number of hydrogen-bond acceptors (Lipinski definition) is 12. The van der Waals surface area contributed by atoms with Gasteiger partial charge in [-0.25, -0.2) is 9.97 Å². The number of amides is 4. The maximum absolute atomic E-state index is 14.1. The molecule has 16 nitrogen and oxygen atoms in total. The monoisotopic (exact) mass is 862 g/mol. The number of carbonyl (C=O) groups is 4. The lowest BCUT2D eigenvalue weighted by Crippen LogP contribution is -2.58. The zero-order valence-electron chi connectivity index (χ0n) is 35.7. The minimum atomic E-state index is -0.901. The highest BCUT2D eigenvalue weighted by Crippen LogP contribution is 2.32. The highest BCUT2D eigenvalue weighted by Gasteiger charge is 2.44. The molecular weight excluding hydrogens is 809 g/mol. The Bertz CT molecular complexity index is 2350. The number of pyridine rings is 1. The number of rotatable bonds is 14. The fraction of sp³-hybridized carbons (Fsp3) is 0.400. The van der Waals surface area contributed by atoms with Crippen LogP contribution < -0.4 is 25.6 Å². The number of aliphatic hydroxyl groups excluding tert-OH is 1. The SMILES string of the molecule is COc1cc(N2CCN(CCC(=O)N[C@H](C(=O)N3C[C@H](O)C[C@H]3C(=O)NCc3ccc(-c4scnc4C)cc3)C(C)(C)C)CC2)ccc1NC(=O)c1cccc(-c2cn[nH]c2)n1. The lowest BCUT2D eigenvalue weighted by atomic mass is 9.85. The van der Waals surface area contributed by atoms with Crippen LogP contribution in [-0.4, -0.2) is 123 Å². The second kappa shape index (κ2) is 19.3. The van der Waals surface area contributed by atoms with Crippen molar-refractivity contribution >= 4 is 46.3 Å². The minimum Gasteiger partial charge on any atom is -0.494 e. The number of ether oxygens (including phenoxy) is 1. The Morgan fingerprint density at radius 2 is 1.79 bits per heavy atom. The van der Waals surface area contributed by atoms with Gasteiger partial charge in [-0.15, -0.1) is 11.3 Å². The van der Waals surface area contributed by atoms with Gasteiger partial charge >= 0.3 is 0 Å². The second-order valence-electron chi connectivity index (χ2n) is 16.8. The zero-order valence-corrected chi connectivity index (χ0v) is 36.5. The van der Waals surface area contributed by atoms with Gasteiger partial charge in [-0.1, -0.05) is 51.1 Å². The number of nitrogens with zero attached hydrogens (tertiary/aromatic N) is 6. The molecule has 0 aliphatic carbocycles. The van der Waals surface area contributed by atoms with Crippen LogP contribution in [0.4, 0.5) is 11.4 Å². The number of aliphatic hydroxyl groups is 1. The van der Waals surface area contributed by atoms with Crippen molar-refractivity contribution in [2.45, 2.75) is 65.3 Å². The molecule has 2 aliphatic heterocycles. The third-order valence-corrected chi connectivity index (χ3v) is 12.3. The molecule has 62 heavy (non-hydrogen) atoms. The number of thiazole rings is 1. The van der Waals surface area contributed by atoms with Crippen LogP contribution in [0.5, 0.6) is 5.75 Å². The van der Waals surface area contributed by atoms with Crippen molar-refractivity contribution in [3.05, 3.63) is 95.5 Å². The fourth-order valence-electron chi connectivity index (χ4n) is 7.78. The van der Waals surface area contributed by atoms with E-state index in [1.54, 1.807) is 43.0 Å². The van der Waals surface area contributed by atoms with Gasteiger partial charge in [-0.05, 0) is 47.7 Å². The largest absolute Gasteiger partial charge is 0.494 e. The number of carbonyl (C=O) groups excluding carboxylic acids is 4. The Morgan fingerprint density at radius 1 is 1.02 bits per heavy atom. The van der Waals surface area contributed by atoms with Crippen LogP contribution in [-0.2, 0) is 20.9 Å². The summed E-state index contributed by atoms with van der Waals surface area (Å²) in [5.41, 5.74) is 7.22. The van der Waals surface area contributed by atoms with E-state index in [9.17, 15) is 24.3 Å². The Kier molecular flexibility index (Phi) is 13.6. The van der Waals surface area contributed by atoms with Crippen molar-refractivity contribution in [1.29, 1.82) is 0 Å². The van der Waals surface area contributed by atoms with Gasteiger partial charge < -0.3 is 35.6 Å². The number of aromatic amines is 1. The van der Waals surface area contributed by atoms with Gasteiger partial charge in [-0.3, -0.25) is 29.2 Å². The summed E-state index contributed by atoms with van der Waals surface area (Å²) in [4.78, 5) is 70.0. The van der Waals surface area contributed by atoms with E-state index in [-0.39, 0.29) is 49.3 Å². The summed E-state index contributed by atoms with van der Waals surface area (Å²) in [6, 6.07) is 17.0. The number of hydrogen-bond donors (Lipinski definition) is 5. The molecule has 3 atom stereocenters. The van der Waals surface area contributed by atoms with Crippen molar-refractivity contribution in [2.24, 2.45) is 5.41 Å². The van der Waals surface area contributed by atoms with Gasteiger partial charge in [0.05, 0.1) is 46.9 Å². The summed E-state index contributed by atoms with van der Waals surface area (Å²) < 4.78 is 5.66. The molecule has 7 rings (SSSR count). The Balaban J connectivity index is 0.887. The van der Waals surface area contributed by atoms with E-state index >= 15 is 0 Å². The lowest BCUT2D eigenvalue weighted by molar-refractivity contribution is -0.144. The van der Waals surface area contributed by atoms with Gasteiger partial charge in [0.1, 0.15) is 23.5 Å². The average molecular weight is 863 g/mol. The van der Waals surface area contributed by atoms with Crippen LogP contribution in [0.1, 0.15) is 55.4 Å². The molecule has 2 fully saturated rings. The number of piperazine rings is 1. The number of H-pyrrole nitrogens is 1. The summed E-state index contributed by atoms with van der Waals surface area (Å²) in [6.07, 6.45) is 2.81. The zero-order chi connectivity index (χ0) is 44.0. The maximum atomic E-state index is 14.1. The topological polar surface area (TPSA) is 198 Å². The molecule has 17 heteroatoms. The van der Waals surface area contributed by atoms with Crippen molar-refractivity contribution in [3.8, 4) is 27.4 Å². The highest BCUT2D eigenvalue weighted by molar-refractivity contribution is 7.13. The first kappa shape index (κ1) is 43.9. The van der Waals surface area contributed by atoms with Gasteiger partial charge in [0.15, 0.2) is 0 Å². The van der Waals surface area contributed by atoms with E-state index < -0.39 is 29.5 Å². The minimum absolute atomic E-state index is 0.00901. The van der Waals surface area contributed by atoms with Crippen LogP contribution in [0.25, 0.3) is 21.7 Å². The first-order valence-electron chi connectivity index (χ1n) is 20.8. The number of β-amino-alcohol motifs (C(OH)–C–C–N with tert-alkyl or cyclic N) is 1. The lowest BCUT2D eigenvalue weighted by Gasteiger charge is -2.37. The van der Waals surface area contributed by atoms with E-state index in [0.29, 0.717) is 49.9 Å². The average Bonchev–Trinajstić information content (AvgIpc) is 4.06. The quantitative estimate of drug-likeness (QED) is 0.106. The van der Waals surface area contributed by atoms with Gasteiger partial charge in [0.2, 0.25) is 17.7 Å². The van der Waals surface area contributed by atoms with Gasteiger partial charge in [0.25, 0.3) is 5.91 Å². The number of methoxy groups -OCH3 is 1. The number of benzene rings is 2. The Morgan fingerprint density at radius 3 is 2.47 bits per heavy atom. The van der Waals surface area contributed by atoms with Crippen LogP contribution in [0.2, 0.25) is 0 Å². The van der Waals surface area contributed by atoms with Gasteiger partial charge in [-0.2, -0.15) is 5.10 Å². The van der Waals surface area contributed by atoms with E-state index in [4.69, 9.17) is 4.74 Å². The molecule has 0 unspecified atom stereocenters. The van der Waals surface area contributed by atoms with Crippen LogP contribution in [0.3, 0.4) is 0 Å². The summed E-state index contributed by atoms with van der Waals surface area (Å²) in [6.45, 7) is 11.2. The van der Waals surface area contributed by atoms with Crippen molar-refractivity contribution in [1.82, 2.24) is 40.6 Å². The molecular formula is C45H54N10O6S. The molecule has 4 amide bonds. The van der Waals surface area contributed by atoms with E-state index in [2.05, 4.69) is 45.9 Å². The maximum Gasteiger partial charge on any atom is 0.274 e. The summed E-state index contributed by atoms with van der Waals surface area (Å²) in [7, 11) is 1.56. The molecule has 0 bridgehead atoms. The molecule has 5 aromatic rings. The molecule has 5 heterocycles. The normalized spacial score (nSPS) is 17.4. The number of aryl methyl sites for hydroxylation is 1. The molecule has 0 radical (unpaired) electrons. The number of likely N-dealkylation sites (tertiary alicyclic amines) is 1. The smallest absolute Gasteiger partial charge is 0.274 e. The predicted molar refractivity (Wildman–Crippen MR) is 238 cm³/mol. The molecule has 2 saturated heterocycles. The Labute approximate surface area is 365 Å².